The van der Waals surface area contributed by atoms with E-state index >= 15 is 0 Å². The van der Waals surface area contributed by atoms with Crippen molar-refractivity contribution in [2.24, 2.45) is 0 Å². The van der Waals surface area contributed by atoms with Crippen molar-refractivity contribution >= 4 is 38.4 Å². The Labute approximate surface area is 237 Å². The fraction of sp³-hybridized carbons (Fsp3) is 0.281. The average Bonchev–Trinajstić information content (AvgIpc) is 2.98. The van der Waals surface area contributed by atoms with Crippen molar-refractivity contribution in [3.63, 3.8) is 0 Å². The summed E-state index contributed by atoms with van der Waals surface area (Å²) < 4.78 is 2.45. The van der Waals surface area contributed by atoms with Gasteiger partial charge in [-0.05, 0) is 53.4 Å². The lowest BCUT2D eigenvalue weighted by molar-refractivity contribution is 0.0643. The number of ketones is 1. The molecule has 0 unspecified atom stereocenters. The van der Waals surface area contributed by atoms with Gasteiger partial charge in [0.05, 0.1) is 12.2 Å². The molecule has 1 amide bonds. The van der Waals surface area contributed by atoms with Crippen molar-refractivity contribution < 1.29 is 9.59 Å². The average molecular weight is 587 g/mol. The van der Waals surface area contributed by atoms with Crippen LogP contribution in [0.2, 0.25) is 0 Å². The van der Waals surface area contributed by atoms with Crippen LogP contribution in [0.3, 0.4) is 0 Å². The van der Waals surface area contributed by atoms with E-state index in [4.69, 9.17) is 0 Å². The van der Waals surface area contributed by atoms with Gasteiger partial charge in [0.2, 0.25) is 0 Å². The topological polar surface area (TPSA) is 62.6 Å². The molecule has 5 rings (SSSR count). The van der Waals surface area contributed by atoms with Crippen LogP contribution in [0.25, 0.3) is 21.9 Å². The van der Waals surface area contributed by atoms with Crippen LogP contribution in [0.15, 0.2) is 82.1 Å². The lowest BCUT2D eigenvalue weighted by Gasteiger charge is -2.34. The summed E-state index contributed by atoms with van der Waals surface area (Å²) in [7, 11) is 0. The summed E-state index contributed by atoms with van der Waals surface area (Å²) in [6.45, 7) is 8.41. The Bertz CT molecular complexity index is 1570. The molecular weight excluding hydrogens is 554 g/mol. The summed E-state index contributed by atoms with van der Waals surface area (Å²) >= 11 is 3.54. The highest BCUT2D eigenvalue weighted by molar-refractivity contribution is 9.10. The highest BCUT2D eigenvalue weighted by Crippen LogP contribution is 2.33. The molecule has 7 heteroatoms. The fourth-order valence-electron chi connectivity index (χ4n) is 5.31. The SMILES string of the molecule is CCC(=O)c1c(-c2ccccc2)c2cc(Br)ccc2c(=O)n1Cc1ccc(C(=O)N2CCN(CC)CC2)cc1. The van der Waals surface area contributed by atoms with Gasteiger partial charge in [0.1, 0.15) is 0 Å². The number of aromatic nitrogens is 1. The molecule has 4 aromatic rings. The van der Waals surface area contributed by atoms with Crippen LogP contribution >= 0.6 is 15.9 Å². The first-order valence-corrected chi connectivity index (χ1v) is 14.3. The minimum atomic E-state index is -0.206. The van der Waals surface area contributed by atoms with Gasteiger partial charge < -0.3 is 9.80 Å². The van der Waals surface area contributed by atoms with Gasteiger partial charge in [0, 0.05) is 53.6 Å². The van der Waals surface area contributed by atoms with Crippen LogP contribution in [-0.2, 0) is 6.54 Å². The maximum atomic E-state index is 13.8. The number of Topliss-reactive ketones (excluding diaryl/α,β-unsaturated/α-hetero) is 1. The number of nitrogens with zero attached hydrogens (tertiary/aromatic N) is 3. The number of pyridine rings is 1. The number of piperazine rings is 1. The Hall–Kier alpha value is -3.55. The Morgan fingerprint density at radius 2 is 1.54 bits per heavy atom. The summed E-state index contributed by atoms with van der Waals surface area (Å²) in [6.07, 6.45) is 0.275. The van der Waals surface area contributed by atoms with Crippen molar-refractivity contribution in [3.05, 3.63) is 104 Å². The Balaban J connectivity index is 1.56. The largest absolute Gasteiger partial charge is 0.336 e. The second kappa shape index (κ2) is 11.7. The van der Waals surface area contributed by atoms with E-state index in [2.05, 4.69) is 27.8 Å². The normalized spacial score (nSPS) is 14.1. The molecule has 1 aliphatic rings. The molecule has 6 nitrogen and oxygen atoms in total. The third-order valence-corrected chi connectivity index (χ3v) is 8.02. The maximum absolute atomic E-state index is 13.8. The molecule has 0 N–H and O–H groups in total. The number of carbonyl (C=O) groups excluding carboxylic acids is 2. The Morgan fingerprint density at radius 1 is 0.846 bits per heavy atom. The number of fused-ring (bicyclic) bond motifs is 1. The number of carbonyl (C=O) groups is 2. The lowest BCUT2D eigenvalue weighted by atomic mass is 9.94. The van der Waals surface area contributed by atoms with Crippen molar-refractivity contribution in [3.8, 4) is 11.1 Å². The quantitative estimate of drug-likeness (QED) is 0.255. The van der Waals surface area contributed by atoms with Crippen molar-refractivity contribution in [2.45, 2.75) is 26.8 Å². The number of likely N-dealkylation sites (N-methyl/N-ethyl adjacent to an activating group) is 1. The van der Waals surface area contributed by atoms with E-state index in [-0.39, 0.29) is 30.2 Å². The first-order valence-electron chi connectivity index (χ1n) is 13.5. The van der Waals surface area contributed by atoms with Crippen LogP contribution in [0, 0.1) is 0 Å². The van der Waals surface area contributed by atoms with Crippen LogP contribution in [0.1, 0.15) is 46.7 Å². The maximum Gasteiger partial charge on any atom is 0.259 e. The standard InChI is InChI=1S/C32H32BrN3O3/c1-3-28(37)30-29(23-8-6-5-7-9-23)27-20-25(33)14-15-26(27)32(39)36(30)21-22-10-12-24(13-11-22)31(38)35-18-16-34(4-2)17-19-35/h5-15,20H,3-4,16-19,21H2,1-2H3. The van der Waals surface area contributed by atoms with Gasteiger partial charge in [-0.15, -0.1) is 0 Å². The summed E-state index contributed by atoms with van der Waals surface area (Å²) in [6, 6.07) is 22.7. The molecule has 3 aromatic carbocycles. The van der Waals surface area contributed by atoms with E-state index in [1.165, 1.54) is 0 Å². The van der Waals surface area contributed by atoms with Crippen molar-refractivity contribution in [1.82, 2.24) is 14.4 Å². The minimum Gasteiger partial charge on any atom is -0.336 e. The lowest BCUT2D eigenvalue weighted by Crippen LogP contribution is -2.48. The molecule has 0 atom stereocenters. The first kappa shape index (κ1) is 27.0. The number of rotatable bonds is 7. The second-order valence-corrected chi connectivity index (χ2v) is 10.8. The number of hydrogen-bond donors (Lipinski definition) is 0. The molecule has 39 heavy (non-hydrogen) atoms. The van der Waals surface area contributed by atoms with E-state index in [9.17, 15) is 14.4 Å². The third kappa shape index (κ3) is 5.47. The molecule has 0 aliphatic carbocycles. The molecule has 0 radical (unpaired) electrons. The zero-order chi connectivity index (χ0) is 27.5. The molecule has 2 heterocycles. The van der Waals surface area contributed by atoms with E-state index < -0.39 is 0 Å². The molecular formula is C32H32BrN3O3. The number of halogens is 1. The van der Waals surface area contributed by atoms with Gasteiger partial charge >= 0.3 is 0 Å². The second-order valence-electron chi connectivity index (χ2n) is 9.87. The van der Waals surface area contributed by atoms with Gasteiger partial charge in [-0.2, -0.15) is 0 Å². The van der Waals surface area contributed by atoms with E-state index in [0.717, 1.165) is 59.3 Å². The van der Waals surface area contributed by atoms with Crippen molar-refractivity contribution in [1.29, 1.82) is 0 Å². The minimum absolute atomic E-state index is 0.0268. The fourth-order valence-corrected chi connectivity index (χ4v) is 5.67. The summed E-state index contributed by atoms with van der Waals surface area (Å²) in [5.41, 5.74) is 3.34. The van der Waals surface area contributed by atoms with E-state index in [1.807, 2.05) is 84.6 Å². The van der Waals surface area contributed by atoms with Gasteiger partial charge in [0.15, 0.2) is 5.78 Å². The first-order chi connectivity index (χ1) is 18.9. The molecule has 1 fully saturated rings. The number of benzene rings is 3. The predicted octanol–water partition coefficient (Wildman–Crippen LogP) is 5.85. The summed E-state index contributed by atoms with van der Waals surface area (Å²) in [4.78, 5) is 44.6. The van der Waals surface area contributed by atoms with Gasteiger partial charge in [-0.25, -0.2) is 0 Å². The van der Waals surface area contributed by atoms with Gasteiger partial charge in [-0.1, -0.05) is 72.2 Å². The van der Waals surface area contributed by atoms with Crippen LogP contribution in [0.4, 0.5) is 0 Å². The highest BCUT2D eigenvalue weighted by atomic mass is 79.9. The van der Waals surface area contributed by atoms with Crippen molar-refractivity contribution in [2.75, 3.05) is 32.7 Å². The van der Waals surface area contributed by atoms with Crippen LogP contribution in [-0.4, -0.2) is 58.8 Å². The molecule has 1 aromatic heterocycles. The van der Waals surface area contributed by atoms with Gasteiger partial charge in [0.25, 0.3) is 11.5 Å². The Kier molecular flexibility index (Phi) is 8.10. The van der Waals surface area contributed by atoms with Crippen LogP contribution < -0.4 is 5.56 Å². The summed E-state index contributed by atoms with van der Waals surface area (Å²) in [5.74, 6) is -0.0650. The smallest absolute Gasteiger partial charge is 0.259 e. The molecule has 0 spiro atoms. The summed E-state index contributed by atoms with van der Waals surface area (Å²) in [5, 5.41) is 1.31. The number of amides is 1. The number of hydrogen-bond acceptors (Lipinski definition) is 4. The molecule has 1 saturated heterocycles. The van der Waals surface area contributed by atoms with Crippen LogP contribution in [0.5, 0.6) is 0 Å². The highest BCUT2D eigenvalue weighted by Gasteiger charge is 2.24. The zero-order valence-corrected chi connectivity index (χ0v) is 23.9. The van der Waals surface area contributed by atoms with Gasteiger partial charge in [-0.3, -0.25) is 19.0 Å². The molecule has 200 valence electrons. The molecule has 0 saturated carbocycles. The zero-order valence-electron chi connectivity index (χ0n) is 22.3. The monoisotopic (exact) mass is 585 g/mol. The predicted molar refractivity (Wildman–Crippen MR) is 160 cm³/mol. The third-order valence-electron chi connectivity index (χ3n) is 7.53. The Morgan fingerprint density at radius 3 is 2.18 bits per heavy atom. The molecule has 1 aliphatic heterocycles. The van der Waals surface area contributed by atoms with E-state index in [1.54, 1.807) is 4.57 Å². The molecule has 0 bridgehead atoms. The van der Waals surface area contributed by atoms with E-state index in [0.29, 0.717) is 16.6 Å².